The van der Waals surface area contributed by atoms with Crippen molar-refractivity contribution in [3.63, 3.8) is 0 Å². The fourth-order valence-corrected chi connectivity index (χ4v) is 3.60. The molecule has 3 rings (SSSR count). The first-order valence-electron chi connectivity index (χ1n) is 7.17. The zero-order chi connectivity index (χ0) is 18.5. The Morgan fingerprint density at radius 3 is 2.80 bits per heavy atom. The second-order valence-corrected chi connectivity index (χ2v) is 10.00. The first-order chi connectivity index (χ1) is 11.6. The molecule has 1 fully saturated rings. The first-order valence-corrected chi connectivity index (χ1v) is 11.0. The van der Waals surface area contributed by atoms with Crippen molar-refractivity contribution in [2.75, 3.05) is 35.9 Å². The summed E-state index contributed by atoms with van der Waals surface area (Å²) >= 11 is 2.09. The summed E-state index contributed by atoms with van der Waals surface area (Å²) < 4.78 is 10.4. The Balaban J connectivity index is 1.84. The molecule has 1 saturated heterocycles. The number of H-pyrrole nitrogens is 1. The molecule has 7 N–H and O–H groups in total. The SMILES string of the molecule is CN1CN([C@@H]2O[C@H](COP(O)(O)=[Se])[C@@H](O)[C@H]2O)c2nc(N)[nH]c(=O)c21. The topological polar surface area (TPSA) is 178 Å². The van der Waals surface area contributed by atoms with Crippen molar-refractivity contribution in [1.82, 2.24) is 9.97 Å². The molecule has 0 radical (unpaired) electrons. The molecule has 0 amide bonds. The van der Waals surface area contributed by atoms with E-state index in [2.05, 4.69) is 25.1 Å². The number of aliphatic hydroxyl groups is 2. The van der Waals surface area contributed by atoms with Gasteiger partial charge in [-0.15, -0.1) is 0 Å². The van der Waals surface area contributed by atoms with E-state index in [-0.39, 0.29) is 30.7 Å². The third kappa shape index (κ3) is 3.61. The third-order valence-electron chi connectivity index (χ3n) is 3.96. The van der Waals surface area contributed by atoms with E-state index in [1.807, 2.05) is 0 Å². The number of aromatic nitrogens is 2. The van der Waals surface area contributed by atoms with Crippen LogP contribution in [0.1, 0.15) is 0 Å². The first kappa shape index (κ1) is 18.8. The molecule has 2 aliphatic rings. The van der Waals surface area contributed by atoms with Crippen molar-refractivity contribution >= 4 is 38.7 Å². The van der Waals surface area contributed by atoms with E-state index in [9.17, 15) is 24.8 Å². The van der Waals surface area contributed by atoms with Gasteiger partial charge in [0.2, 0.25) is 0 Å². The summed E-state index contributed by atoms with van der Waals surface area (Å²) in [7, 11) is 1.66. The molecule has 14 heteroatoms. The molecule has 12 nitrogen and oxygen atoms in total. The molecule has 1 aromatic heterocycles. The average molecular weight is 442 g/mol. The summed E-state index contributed by atoms with van der Waals surface area (Å²) in [5.41, 5.74) is 5.41. The van der Waals surface area contributed by atoms with Crippen molar-refractivity contribution in [2.24, 2.45) is 0 Å². The van der Waals surface area contributed by atoms with Gasteiger partial charge in [-0.1, -0.05) is 0 Å². The Labute approximate surface area is 149 Å². The van der Waals surface area contributed by atoms with Crippen LogP contribution in [0.15, 0.2) is 4.79 Å². The molecule has 0 aromatic carbocycles. The summed E-state index contributed by atoms with van der Waals surface area (Å²) in [4.78, 5) is 40.1. The van der Waals surface area contributed by atoms with Gasteiger partial charge in [0.1, 0.15) is 0 Å². The van der Waals surface area contributed by atoms with E-state index in [0.29, 0.717) is 0 Å². The van der Waals surface area contributed by atoms with Crippen LogP contribution in [-0.2, 0) is 9.26 Å². The normalized spacial score (nSPS) is 29.3. The molecule has 1 aromatic rings. The number of aliphatic hydroxyl groups excluding tert-OH is 2. The number of rotatable bonds is 4. The number of nitrogen functional groups attached to an aromatic ring is 1. The molecule has 4 atom stereocenters. The van der Waals surface area contributed by atoms with Gasteiger partial charge in [-0.25, -0.2) is 0 Å². The average Bonchev–Trinajstić information content (AvgIpc) is 2.95. The van der Waals surface area contributed by atoms with Crippen molar-refractivity contribution in [3.8, 4) is 0 Å². The predicted molar refractivity (Wildman–Crippen MR) is 88.8 cm³/mol. The second-order valence-electron chi connectivity index (χ2n) is 5.77. The number of aromatic amines is 1. The maximum absolute atomic E-state index is 12.1. The van der Waals surface area contributed by atoms with Gasteiger partial charge >= 0.3 is 149 Å². The molecule has 0 spiro atoms. The van der Waals surface area contributed by atoms with Gasteiger partial charge in [-0.05, 0) is 0 Å². The zero-order valence-corrected chi connectivity index (χ0v) is 15.6. The Morgan fingerprint density at radius 1 is 1.48 bits per heavy atom. The number of ether oxygens (including phenoxy) is 1. The molecular formula is C11H18N5O7PSe. The molecule has 0 unspecified atom stereocenters. The molecule has 0 bridgehead atoms. The summed E-state index contributed by atoms with van der Waals surface area (Å²) in [5.74, 6) is 0.130. The number of anilines is 3. The standard InChI is InChI=1S/C11H18N5O7PSe/c1-15-3-16(8-5(15)9(19)14-11(12)13-8)10-7(18)6(17)4(23-10)2-22-24(20,21)25/h4,6-7,10,17-18H,2-3H2,1H3,(H2,20,21,25)(H3,12,13,14,19)/t4-,6-,7-,10-/m1/s1. The van der Waals surface area contributed by atoms with Crippen LogP contribution in [0.25, 0.3) is 0 Å². The molecule has 0 aliphatic carbocycles. The van der Waals surface area contributed by atoms with Crippen LogP contribution in [0.3, 0.4) is 0 Å². The number of hydrogen-bond donors (Lipinski definition) is 6. The minimum absolute atomic E-state index is 0.0892. The van der Waals surface area contributed by atoms with Gasteiger partial charge in [-0.3, -0.25) is 0 Å². The molecule has 25 heavy (non-hydrogen) atoms. The maximum atomic E-state index is 12.1. The zero-order valence-electron chi connectivity index (χ0n) is 13.0. The van der Waals surface area contributed by atoms with Crippen LogP contribution in [0, 0.1) is 0 Å². The minimum atomic E-state index is -3.63. The van der Waals surface area contributed by atoms with E-state index >= 15 is 0 Å². The third-order valence-corrected chi connectivity index (χ3v) is 5.11. The fourth-order valence-electron chi connectivity index (χ4n) is 2.88. The Bertz CT molecular complexity index is 772. The molecule has 2 aliphatic heterocycles. The van der Waals surface area contributed by atoms with Gasteiger partial charge in [-0.2, -0.15) is 0 Å². The van der Waals surface area contributed by atoms with E-state index in [4.69, 9.17) is 15.0 Å². The van der Waals surface area contributed by atoms with Crippen LogP contribution in [-0.4, -0.2) is 89.9 Å². The molecule has 0 saturated carbocycles. The summed E-state index contributed by atoms with van der Waals surface area (Å²) in [5, 5.41) is 20.4. The van der Waals surface area contributed by atoms with Gasteiger partial charge in [0.15, 0.2) is 0 Å². The second kappa shape index (κ2) is 6.62. The van der Waals surface area contributed by atoms with E-state index in [1.54, 1.807) is 11.9 Å². The van der Waals surface area contributed by atoms with E-state index in [0.717, 1.165) is 0 Å². The Kier molecular flexibility index (Phi) is 4.97. The van der Waals surface area contributed by atoms with E-state index < -0.39 is 36.3 Å². The van der Waals surface area contributed by atoms with Crippen molar-refractivity contribution in [1.29, 1.82) is 0 Å². The molecular weight excluding hydrogens is 424 g/mol. The Morgan fingerprint density at radius 2 is 2.16 bits per heavy atom. The fraction of sp³-hybridized carbons (Fsp3) is 0.636. The van der Waals surface area contributed by atoms with Crippen molar-refractivity contribution in [3.05, 3.63) is 10.4 Å². The van der Waals surface area contributed by atoms with Gasteiger partial charge in [0, 0.05) is 0 Å². The summed E-state index contributed by atoms with van der Waals surface area (Å²) in [6.07, 6.45) is -8.31. The van der Waals surface area contributed by atoms with Crippen LogP contribution >= 0.6 is 6.19 Å². The van der Waals surface area contributed by atoms with Crippen LogP contribution in [0.2, 0.25) is 0 Å². The van der Waals surface area contributed by atoms with Crippen LogP contribution in [0.5, 0.6) is 0 Å². The summed E-state index contributed by atoms with van der Waals surface area (Å²) in [6.45, 7) is -0.167. The molecule has 3 heterocycles. The number of nitrogens with zero attached hydrogens (tertiary/aromatic N) is 3. The van der Waals surface area contributed by atoms with Crippen molar-refractivity contribution < 1.29 is 29.3 Å². The number of hydrogen-bond acceptors (Lipinski definition) is 11. The summed E-state index contributed by atoms with van der Waals surface area (Å²) in [6, 6.07) is 0. The van der Waals surface area contributed by atoms with Gasteiger partial charge in [0.05, 0.1) is 0 Å². The molecule has 140 valence electrons. The van der Waals surface area contributed by atoms with Gasteiger partial charge in [0.25, 0.3) is 0 Å². The van der Waals surface area contributed by atoms with Crippen LogP contribution < -0.4 is 21.1 Å². The van der Waals surface area contributed by atoms with E-state index in [1.165, 1.54) is 4.90 Å². The number of nitrogens with two attached hydrogens (primary N) is 1. The van der Waals surface area contributed by atoms with Gasteiger partial charge < -0.3 is 0 Å². The van der Waals surface area contributed by atoms with Crippen LogP contribution in [0.4, 0.5) is 17.5 Å². The quantitative estimate of drug-likeness (QED) is 0.205. The van der Waals surface area contributed by atoms with Crippen molar-refractivity contribution in [2.45, 2.75) is 24.5 Å². The Hall–Kier alpha value is -1.01. The number of nitrogens with one attached hydrogen (secondary N) is 1. The monoisotopic (exact) mass is 443 g/mol. The predicted octanol–water partition coefficient (Wildman–Crippen LogP) is -3.14. The number of fused-ring (bicyclic) bond motifs is 1.